The van der Waals surface area contributed by atoms with Crippen molar-refractivity contribution >= 4 is 43.7 Å². The van der Waals surface area contributed by atoms with Crippen LogP contribution in [0.15, 0.2) is 60.0 Å². The number of benzene rings is 4. The van der Waals surface area contributed by atoms with Crippen molar-refractivity contribution in [3.63, 3.8) is 0 Å². The molecule has 0 spiro atoms. The van der Waals surface area contributed by atoms with E-state index in [0.29, 0.717) is 0 Å². The minimum Gasteiger partial charge on any atom is -0.143 e. The molecule has 0 amide bonds. The van der Waals surface area contributed by atoms with E-state index in [0.717, 1.165) is 0 Å². The van der Waals surface area contributed by atoms with Crippen molar-refractivity contribution in [1.82, 2.24) is 0 Å². The summed E-state index contributed by atoms with van der Waals surface area (Å²) in [5.41, 5.74) is 4.24. The lowest BCUT2D eigenvalue weighted by Gasteiger charge is -2.12. The van der Waals surface area contributed by atoms with Crippen LogP contribution in [0.5, 0.6) is 0 Å². The average Bonchev–Trinajstić information content (AvgIpc) is 3.10. The van der Waals surface area contributed by atoms with E-state index in [1.54, 1.807) is 0 Å². The normalized spacial score (nSPS) is 12.8. The summed E-state index contributed by atoms with van der Waals surface area (Å²) in [6, 6.07) is 20.4. The van der Waals surface area contributed by atoms with Gasteiger partial charge in [0, 0.05) is 16.0 Å². The minimum atomic E-state index is 1.35. The van der Waals surface area contributed by atoms with Crippen LogP contribution in [0.2, 0.25) is 0 Å². The van der Waals surface area contributed by atoms with Crippen molar-refractivity contribution in [3.05, 3.63) is 60.0 Å². The zero-order chi connectivity index (χ0) is 13.6. The highest BCUT2D eigenvalue weighted by Gasteiger charge is 2.24. The van der Waals surface area contributed by atoms with E-state index in [2.05, 4.69) is 60.0 Å². The van der Waals surface area contributed by atoms with Crippen molar-refractivity contribution in [2.24, 2.45) is 0 Å². The Morgan fingerprint density at radius 2 is 1.38 bits per heavy atom. The molecule has 0 nitrogen and oxygen atoms in total. The zero-order valence-corrected chi connectivity index (χ0v) is 12.0. The molecule has 4 aromatic carbocycles. The lowest BCUT2D eigenvalue weighted by Crippen LogP contribution is -1.85. The molecule has 0 atom stereocenters. The fourth-order valence-electron chi connectivity index (χ4n) is 3.98. The zero-order valence-electron chi connectivity index (χ0n) is 11.2. The summed E-state index contributed by atoms with van der Waals surface area (Å²) in [4.78, 5) is 1.43. The second-order valence-electron chi connectivity index (χ2n) is 5.82. The van der Waals surface area contributed by atoms with Gasteiger partial charge in [-0.15, -0.1) is 11.3 Å². The summed E-state index contributed by atoms with van der Waals surface area (Å²) in [5.74, 6) is 0. The van der Waals surface area contributed by atoms with Gasteiger partial charge in [0.05, 0.1) is 0 Å². The number of hydrogen-bond acceptors (Lipinski definition) is 1. The lowest BCUT2D eigenvalue weighted by atomic mass is 9.91. The van der Waals surface area contributed by atoms with Gasteiger partial charge in [-0.3, -0.25) is 0 Å². The van der Waals surface area contributed by atoms with Gasteiger partial charge in [-0.25, -0.2) is 0 Å². The number of rotatable bonds is 0. The minimum absolute atomic E-state index is 1.35. The standard InChI is InChI=1S/C20H10S/c1-2-11-4-5-12-6-7-14-15-8-9-21-20(15)16-10-13(3-1)17(11)18(12)19(14)16/h1-10H. The van der Waals surface area contributed by atoms with Gasteiger partial charge in [0.1, 0.15) is 0 Å². The maximum absolute atomic E-state index is 2.38. The van der Waals surface area contributed by atoms with E-state index >= 15 is 0 Å². The van der Waals surface area contributed by atoms with Crippen LogP contribution in [0.25, 0.3) is 53.9 Å². The number of hydrogen-bond donors (Lipinski definition) is 0. The molecule has 1 aliphatic rings. The molecule has 1 heteroatoms. The summed E-state index contributed by atoms with van der Waals surface area (Å²) >= 11 is 1.86. The molecule has 0 fully saturated rings. The third-order valence-electron chi connectivity index (χ3n) is 4.83. The Hall–Kier alpha value is -2.38. The summed E-state index contributed by atoms with van der Waals surface area (Å²) in [5, 5.41) is 10.6. The van der Waals surface area contributed by atoms with Crippen molar-refractivity contribution in [2.45, 2.75) is 0 Å². The quantitative estimate of drug-likeness (QED) is 0.287. The van der Waals surface area contributed by atoms with Crippen molar-refractivity contribution < 1.29 is 0 Å². The van der Waals surface area contributed by atoms with Gasteiger partial charge >= 0.3 is 0 Å². The molecule has 0 saturated heterocycles. The molecular weight excluding hydrogens is 272 g/mol. The van der Waals surface area contributed by atoms with Gasteiger partial charge in [0.25, 0.3) is 0 Å². The van der Waals surface area contributed by atoms with E-state index in [1.165, 1.54) is 53.9 Å². The molecule has 0 unspecified atom stereocenters. The van der Waals surface area contributed by atoms with E-state index in [1.807, 2.05) is 11.3 Å². The van der Waals surface area contributed by atoms with E-state index < -0.39 is 0 Å². The first-order valence-electron chi connectivity index (χ1n) is 7.20. The van der Waals surface area contributed by atoms with Crippen molar-refractivity contribution in [2.75, 3.05) is 0 Å². The smallest absolute Gasteiger partial charge is 0.0428 e. The first-order chi connectivity index (χ1) is 10.4. The Morgan fingerprint density at radius 1 is 0.571 bits per heavy atom. The second-order valence-corrected chi connectivity index (χ2v) is 6.73. The van der Waals surface area contributed by atoms with Crippen LogP contribution in [-0.2, 0) is 0 Å². The molecule has 0 aliphatic heterocycles. The fourth-order valence-corrected chi connectivity index (χ4v) is 4.92. The molecule has 1 heterocycles. The van der Waals surface area contributed by atoms with Crippen LogP contribution in [0.1, 0.15) is 0 Å². The maximum Gasteiger partial charge on any atom is 0.0428 e. The van der Waals surface area contributed by atoms with Gasteiger partial charge in [-0.05, 0) is 55.4 Å². The highest BCUT2D eigenvalue weighted by molar-refractivity contribution is 7.14. The van der Waals surface area contributed by atoms with E-state index in [4.69, 9.17) is 0 Å². The Balaban J connectivity index is 2.06. The lowest BCUT2D eigenvalue weighted by molar-refractivity contribution is 1.79. The van der Waals surface area contributed by atoms with Crippen LogP contribution in [-0.4, -0.2) is 0 Å². The highest BCUT2D eigenvalue weighted by atomic mass is 32.1. The van der Waals surface area contributed by atoms with Crippen molar-refractivity contribution in [1.29, 1.82) is 0 Å². The van der Waals surface area contributed by atoms with Crippen LogP contribution >= 0.6 is 11.3 Å². The SMILES string of the molecule is c1cc2ccc3ccc4c5c(cc(c1)c2c35)-c1sccc1-4. The first-order valence-corrected chi connectivity index (χ1v) is 8.08. The van der Waals surface area contributed by atoms with Gasteiger partial charge in [0.15, 0.2) is 0 Å². The highest BCUT2D eigenvalue weighted by Crippen LogP contribution is 2.53. The molecule has 1 aromatic heterocycles. The number of thiophene rings is 1. The second kappa shape index (κ2) is 3.26. The fraction of sp³-hybridized carbons (Fsp3) is 0. The van der Waals surface area contributed by atoms with Crippen LogP contribution < -0.4 is 0 Å². The van der Waals surface area contributed by atoms with Crippen LogP contribution in [0.3, 0.4) is 0 Å². The third kappa shape index (κ3) is 1.06. The first kappa shape index (κ1) is 10.4. The van der Waals surface area contributed by atoms with Gasteiger partial charge in [0.2, 0.25) is 0 Å². The van der Waals surface area contributed by atoms with Crippen LogP contribution in [0.4, 0.5) is 0 Å². The molecule has 21 heavy (non-hydrogen) atoms. The summed E-state index contributed by atoms with van der Waals surface area (Å²) in [6.45, 7) is 0. The van der Waals surface area contributed by atoms with Gasteiger partial charge in [-0.1, -0.05) is 42.5 Å². The number of fused-ring (bicyclic) bond motifs is 3. The molecule has 5 aromatic rings. The Kier molecular flexibility index (Phi) is 1.61. The van der Waals surface area contributed by atoms with E-state index in [9.17, 15) is 0 Å². The molecule has 0 N–H and O–H groups in total. The largest absolute Gasteiger partial charge is 0.143 e. The monoisotopic (exact) mass is 282 g/mol. The summed E-state index contributed by atoms with van der Waals surface area (Å²) in [7, 11) is 0. The Labute approximate surface area is 125 Å². The third-order valence-corrected chi connectivity index (χ3v) is 5.78. The summed E-state index contributed by atoms with van der Waals surface area (Å²) in [6.07, 6.45) is 0. The van der Waals surface area contributed by atoms with Gasteiger partial charge < -0.3 is 0 Å². The average molecular weight is 282 g/mol. The van der Waals surface area contributed by atoms with Crippen LogP contribution in [0, 0.1) is 0 Å². The molecular formula is C20H10S. The van der Waals surface area contributed by atoms with Gasteiger partial charge in [-0.2, -0.15) is 0 Å². The Morgan fingerprint density at radius 3 is 2.33 bits per heavy atom. The Bertz CT molecular complexity index is 1180. The molecule has 0 saturated carbocycles. The predicted octanol–water partition coefficient (Wildman–Crippen LogP) is 6.29. The molecule has 0 radical (unpaired) electrons. The van der Waals surface area contributed by atoms with Crippen molar-refractivity contribution in [3.8, 4) is 21.6 Å². The summed E-state index contributed by atoms with van der Waals surface area (Å²) < 4.78 is 0. The van der Waals surface area contributed by atoms with E-state index in [-0.39, 0.29) is 0 Å². The topological polar surface area (TPSA) is 0 Å². The predicted molar refractivity (Wildman–Crippen MR) is 92.5 cm³/mol. The molecule has 96 valence electrons. The molecule has 6 rings (SSSR count). The maximum atomic E-state index is 2.38. The molecule has 0 bridgehead atoms. The molecule has 1 aliphatic carbocycles.